The Labute approximate surface area is 118 Å². The molecular weight excluding hydrogens is 282 g/mol. The zero-order valence-electron chi connectivity index (χ0n) is 10.7. The van der Waals surface area contributed by atoms with Crippen molar-refractivity contribution in [2.75, 3.05) is 17.8 Å². The average Bonchev–Trinajstić information content (AvgIpc) is 2.89. The van der Waals surface area contributed by atoms with Crippen LogP contribution >= 0.6 is 0 Å². The number of rotatable bonds is 2. The van der Waals surface area contributed by atoms with Gasteiger partial charge in [0.2, 0.25) is 6.79 Å². The number of hydrogen-bond donors (Lipinski definition) is 2. The van der Waals surface area contributed by atoms with Crippen LogP contribution in [0.5, 0.6) is 11.5 Å². The molecule has 2 aromatic carbocycles. The van der Waals surface area contributed by atoms with Crippen LogP contribution in [-0.2, 0) is 0 Å². The molecule has 7 heteroatoms. The van der Waals surface area contributed by atoms with Crippen molar-refractivity contribution in [2.45, 2.75) is 0 Å². The Hall–Kier alpha value is -2.83. The van der Waals surface area contributed by atoms with Crippen LogP contribution in [0.4, 0.5) is 20.2 Å². The van der Waals surface area contributed by atoms with Gasteiger partial charge >= 0.3 is 0 Å². The van der Waals surface area contributed by atoms with Crippen LogP contribution < -0.4 is 20.5 Å². The highest BCUT2D eigenvalue weighted by atomic mass is 19.1. The molecule has 0 atom stereocenters. The number of fused-ring (bicyclic) bond motifs is 1. The monoisotopic (exact) mass is 292 g/mol. The molecule has 5 nitrogen and oxygen atoms in total. The van der Waals surface area contributed by atoms with E-state index in [9.17, 15) is 13.6 Å². The summed E-state index contributed by atoms with van der Waals surface area (Å²) in [4.78, 5) is 12.1. The Morgan fingerprint density at radius 3 is 2.43 bits per heavy atom. The van der Waals surface area contributed by atoms with Gasteiger partial charge in [-0.25, -0.2) is 8.78 Å². The number of nitrogens with two attached hydrogens (primary N) is 1. The molecule has 2 aromatic rings. The smallest absolute Gasteiger partial charge is 0.258 e. The molecule has 3 N–H and O–H groups in total. The van der Waals surface area contributed by atoms with E-state index in [1.165, 1.54) is 18.2 Å². The highest BCUT2D eigenvalue weighted by Gasteiger charge is 2.21. The topological polar surface area (TPSA) is 73.6 Å². The second kappa shape index (κ2) is 4.93. The summed E-state index contributed by atoms with van der Waals surface area (Å²) in [6, 6.07) is 6.08. The maximum atomic E-state index is 13.5. The summed E-state index contributed by atoms with van der Waals surface area (Å²) in [5.74, 6) is -1.72. The molecule has 0 bridgehead atoms. The molecule has 108 valence electrons. The van der Waals surface area contributed by atoms with Crippen LogP contribution in [0.25, 0.3) is 0 Å². The Balaban J connectivity index is 1.93. The normalized spacial score (nSPS) is 12.3. The zero-order chi connectivity index (χ0) is 15.0. The molecule has 1 aliphatic rings. The second-order valence-corrected chi connectivity index (χ2v) is 4.34. The van der Waals surface area contributed by atoms with E-state index in [0.29, 0.717) is 11.5 Å². The first kappa shape index (κ1) is 13.2. The van der Waals surface area contributed by atoms with E-state index in [0.717, 1.165) is 12.1 Å². The van der Waals surface area contributed by atoms with Gasteiger partial charge in [-0.05, 0) is 18.2 Å². The number of nitrogens with one attached hydrogen (secondary N) is 1. The van der Waals surface area contributed by atoms with Crippen molar-refractivity contribution in [1.82, 2.24) is 0 Å². The fraction of sp³-hybridized carbons (Fsp3) is 0.0714. The number of nitrogen functional groups attached to an aromatic ring is 1. The van der Waals surface area contributed by atoms with Crippen molar-refractivity contribution in [1.29, 1.82) is 0 Å². The van der Waals surface area contributed by atoms with Crippen molar-refractivity contribution in [2.24, 2.45) is 0 Å². The molecule has 0 aliphatic carbocycles. The van der Waals surface area contributed by atoms with E-state index in [1.807, 2.05) is 0 Å². The number of anilines is 2. The predicted molar refractivity (Wildman–Crippen MR) is 71.3 cm³/mol. The summed E-state index contributed by atoms with van der Waals surface area (Å²) >= 11 is 0. The SMILES string of the molecule is Nc1cc2c(cc1C(=O)Nc1c(F)cccc1F)OCO2. The Bertz CT molecular complexity index is 714. The minimum absolute atomic E-state index is 0.0296. The number of ether oxygens (including phenoxy) is 2. The maximum absolute atomic E-state index is 13.5. The van der Waals surface area contributed by atoms with Gasteiger partial charge in [0, 0.05) is 11.8 Å². The van der Waals surface area contributed by atoms with Crippen molar-refractivity contribution < 1.29 is 23.0 Å². The summed E-state index contributed by atoms with van der Waals surface area (Å²) in [5, 5.41) is 2.16. The van der Waals surface area contributed by atoms with Crippen LogP contribution in [0, 0.1) is 11.6 Å². The van der Waals surface area contributed by atoms with Crippen molar-refractivity contribution >= 4 is 17.3 Å². The largest absolute Gasteiger partial charge is 0.454 e. The highest BCUT2D eigenvalue weighted by molar-refractivity contribution is 6.08. The van der Waals surface area contributed by atoms with Gasteiger partial charge in [-0.3, -0.25) is 4.79 Å². The number of carbonyl (C=O) groups excluding carboxylic acids is 1. The van der Waals surface area contributed by atoms with Gasteiger partial charge < -0.3 is 20.5 Å². The summed E-state index contributed by atoms with van der Waals surface area (Å²) in [6.45, 7) is 0.0296. The van der Waals surface area contributed by atoms with Crippen LogP contribution in [0.15, 0.2) is 30.3 Å². The lowest BCUT2D eigenvalue weighted by Gasteiger charge is -2.10. The summed E-state index contributed by atoms with van der Waals surface area (Å²) in [5.41, 5.74) is 5.37. The number of para-hydroxylation sites is 1. The molecule has 21 heavy (non-hydrogen) atoms. The Morgan fingerprint density at radius 1 is 1.14 bits per heavy atom. The number of amides is 1. The fourth-order valence-electron chi connectivity index (χ4n) is 1.95. The lowest BCUT2D eigenvalue weighted by atomic mass is 10.1. The van der Waals surface area contributed by atoms with E-state index >= 15 is 0 Å². The molecule has 0 saturated heterocycles. The van der Waals surface area contributed by atoms with Crippen LogP contribution in [0.1, 0.15) is 10.4 Å². The van der Waals surface area contributed by atoms with E-state index in [-0.39, 0.29) is 18.0 Å². The quantitative estimate of drug-likeness (QED) is 0.834. The second-order valence-electron chi connectivity index (χ2n) is 4.34. The number of halogens is 2. The first-order valence-corrected chi connectivity index (χ1v) is 6.01. The van der Waals surface area contributed by atoms with E-state index in [1.54, 1.807) is 0 Å². The lowest BCUT2D eigenvalue weighted by molar-refractivity contribution is 0.102. The van der Waals surface area contributed by atoms with E-state index < -0.39 is 23.2 Å². The van der Waals surface area contributed by atoms with Gasteiger partial charge in [-0.1, -0.05) is 6.07 Å². The standard InChI is InChI=1S/C14H10F2N2O3/c15-8-2-1-3-9(16)13(8)18-14(19)7-4-11-12(5-10(7)17)21-6-20-11/h1-5H,6,17H2,(H,18,19). The average molecular weight is 292 g/mol. The first-order chi connectivity index (χ1) is 10.1. The lowest BCUT2D eigenvalue weighted by Crippen LogP contribution is -2.16. The minimum atomic E-state index is -0.873. The van der Waals surface area contributed by atoms with Gasteiger partial charge in [-0.2, -0.15) is 0 Å². The zero-order valence-corrected chi connectivity index (χ0v) is 10.7. The van der Waals surface area contributed by atoms with Crippen LogP contribution in [0.2, 0.25) is 0 Å². The molecular formula is C14H10F2N2O3. The third-order valence-electron chi connectivity index (χ3n) is 2.99. The number of carbonyl (C=O) groups is 1. The predicted octanol–water partition coefficient (Wildman–Crippen LogP) is 2.53. The van der Waals surface area contributed by atoms with Gasteiger partial charge in [0.25, 0.3) is 5.91 Å². The molecule has 1 heterocycles. The molecule has 3 rings (SSSR count). The van der Waals surface area contributed by atoms with Crippen molar-refractivity contribution in [3.8, 4) is 11.5 Å². The number of hydrogen-bond acceptors (Lipinski definition) is 4. The van der Waals surface area contributed by atoms with Crippen LogP contribution in [-0.4, -0.2) is 12.7 Å². The molecule has 0 unspecified atom stereocenters. The van der Waals surface area contributed by atoms with E-state index in [2.05, 4.69) is 5.32 Å². The molecule has 0 saturated carbocycles. The molecule has 0 radical (unpaired) electrons. The third kappa shape index (κ3) is 2.33. The first-order valence-electron chi connectivity index (χ1n) is 6.01. The summed E-state index contributed by atoms with van der Waals surface area (Å²) in [6.07, 6.45) is 0. The fourth-order valence-corrected chi connectivity index (χ4v) is 1.95. The molecule has 0 spiro atoms. The molecule has 1 aliphatic heterocycles. The molecule has 1 amide bonds. The Kier molecular flexibility index (Phi) is 3.09. The maximum Gasteiger partial charge on any atom is 0.258 e. The van der Waals surface area contributed by atoms with Crippen molar-refractivity contribution in [3.63, 3.8) is 0 Å². The van der Waals surface area contributed by atoms with E-state index in [4.69, 9.17) is 15.2 Å². The van der Waals surface area contributed by atoms with Gasteiger partial charge in [0.15, 0.2) is 11.5 Å². The summed E-state index contributed by atoms with van der Waals surface area (Å²) < 4.78 is 37.3. The van der Waals surface area contributed by atoms with Gasteiger partial charge in [0.05, 0.1) is 5.56 Å². The molecule has 0 fully saturated rings. The molecule has 0 aromatic heterocycles. The summed E-state index contributed by atoms with van der Waals surface area (Å²) in [7, 11) is 0. The van der Waals surface area contributed by atoms with Gasteiger partial charge in [0.1, 0.15) is 17.3 Å². The van der Waals surface area contributed by atoms with Gasteiger partial charge in [-0.15, -0.1) is 0 Å². The number of benzene rings is 2. The minimum Gasteiger partial charge on any atom is -0.454 e. The highest BCUT2D eigenvalue weighted by Crippen LogP contribution is 2.36. The third-order valence-corrected chi connectivity index (χ3v) is 2.99. The Morgan fingerprint density at radius 2 is 1.76 bits per heavy atom. The van der Waals surface area contributed by atoms with Crippen LogP contribution in [0.3, 0.4) is 0 Å². The van der Waals surface area contributed by atoms with Crippen molar-refractivity contribution in [3.05, 3.63) is 47.5 Å².